The highest BCUT2D eigenvalue weighted by Crippen LogP contribution is 2.44. The van der Waals surface area contributed by atoms with Gasteiger partial charge in [0.25, 0.3) is 5.91 Å². The molecular formula is C51H59N6O13PS. The van der Waals surface area contributed by atoms with E-state index in [1.165, 1.54) is 18.2 Å². The van der Waals surface area contributed by atoms with Crippen molar-refractivity contribution in [1.29, 1.82) is 0 Å². The molecule has 6 aromatic rings. The third-order valence-corrected chi connectivity index (χ3v) is 13.3. The molecule has 19 nitrogen and oxygen atoms in total. The zero-order valence-electron chi connectivity index (χ0n) is 40.0. The van der Waals surface area contributed by atoms with E-state index in [0.29, 0.717) is 88.4 Å². The van der Waals surface area contributed by atoms with Crippen molar-refractivity contribution < 1.29 is 57.2 Å². The fourth-order valence-electron chi connectivity index (χ4n) is 7.98. The van der Waals surface area contributed by atoms with Crippen molar-refractivity contribution in [2.45, 2.75) is 58.5 Å². The topological polar surface area (TPSA) is 246 Å². The normalized spacial score (nSPS) is 12.8. The van der Waals surface area contributed by atoms with Crippen LogP contribution in [0.3, 0.4) is 0 Å². The molecule has 5 N–H and O–H groups in total. The van der Waals surface area contributed by atoms with Gasteiger partial charge in [0.2, 0.25) is 17.6 Å². The second kappa shape index (κ2) is 26.4. The molecule has 1 atom stereocenters. The van der Waals surface area contributed by atoms with Crippen LogP contribution in [0.25, 0.3) is 44.8 Å². The van der Waals surface area contributed by atoms with Gasteiger partial charge in [0.05, 0.1) is 82.7 Å². The number of aromatic hydroxyl groups is 2. The Bertz CT molecular complexity index is 2910. The second-order valence-corrected chi connectivity index (χ2v) is 19.4. The van der Waals surface area contributed by atoms with Gasteiger partial charge in [-0.2, -0.15) is 0 Å². The number of anilines is 1. The average Bonchev–Trinajstić information content (AvgIpc) is 3.79. The van der Waals surface area contributed by atoms with Crippen LogP contribution in [0.1, 0.15) is 61.4 Å². The third-order valence-electron chi connectivity index (χ3n) is 11.6. The average molecular weight is 1030 g/mol. The van der Waals surface area contributed by atoms with Crippen LogP contribution in [0.2, 0.25) is 0 Å². The summed E-state index contributed by atoms with van der Waals surface area (Å²) >= 11 is 4.92. The van der Waals surface area contributed by atoms with Crippen LogP contribution >= 0.6 is 6.72 Å². The molecule has 0 saturated carbocycles. The Hall–Kier alpha value is -6.35. The van der Waals surface area contributed by atoms with Crippen molar-refractivity contribution in [3.63, 3.8) is 0 Å². The number of ether oxygens (including phenoxy) is 3. The molecule has 3 heterocycles. The maximum absolute atomic E-state index is 13.9. The lowest BCUT2D eigenvalue weighted by Gasteiger charge is -2.28. The lowest BCUT2D eigenvalue weighted by Crippen LogP contribution is -2.33. The van der Waals surface area contributed by atoms with E-state index >= 15 is 0 Å². The summed E-state index contributed by atoms with van der Waals surface area (Å²) < 4.78 is 35.1. The number of carbonyl (C=O) groups excluding carboxylic acids is 3. The van der Waals surface area contributed by atoms with E-state index in [1.807, 2.05) is 53.2 Å². The first-order valence-electron chi connectivity index (χ1n) is 23.8. The predicted molar refractivity (Wildman–Crippen MR) is 273 cm³/mol. The van der Waals surface area contributed by atoms with Gasteiger partial charge < -0.3 is 58.3 Å². The number of hydrogen-bond donors (Lipinski definition) is 5. The van der Waals surface area contributed by atoms with Gasteiger partial charge in [0.1, 0.15) is 11.5 Å². The van der Waals surface area contributed by atoms with E-state index in [1.54, 1.807) is 36.1 Å². The summed E-state index contributed by atoms with van der Waals surface area (Å²) in [5.74, 6) is -1.44. The Labute approximate surface area is 421 Å². The molecule has 7 rings (SSSR count). The summed E-state index contributed by atoms with van der Waals surface area (Å²) in [7, 11) is 0. The summed E-state index contributed by atoms with van der Waals surface area (Å²) in [6, 6.07) is 25.7. The van der Waals surface area contributed by atoms with Gasteiger partial charge in [-0.3, -0.25) is 19.2 Å². The van der Waals surface area contributed by atoms with Crippen molar-refractivity contribution in [3.8, 4) is 45.3 Å². The number of amides is 3. The number of phenolic OH excluding ortho intramolecular Hbond substituents is 2. The maximum atomic E-state index is 13.9. The molecule has 2 aromatic heterocycles. The fourth-order valence-corrected chi connectivity index (χ4v) is 9.28. The van der Waals surface area contributed by atoms with Gasteiger partial charge in [-0.25, -0.2) is 4.68 Å². The van der Waals surface area contributed by atoms with Crippen LogP contribution in [0, 0.1) is 0 Å². The summed E-state index contributed by atoms with van der Waals surface area (Å²) in [5.41, 5.74) is 5.07. The molecule has 0 fully saturated rings. The monoisotopic (exact) mass is 1030 g/mol. The first-order valence-corrected chi connectivity index (χ1v) is 26.4. The number of nitrogens with one attached hydrogen (secondary N) is 2. The van der Waals surface area contributed by atoms with Crippen LogP contribution in [-0.4, -0.2) is 114 Å². The highest BCUT2D eigenvalue weighted by atomic mass is 32.5. The van der Waals surface area contributed by atoms with E-state index in [-0.39, 0.29) is 65.9 Å². The van der Waals surface area contributed by atoms with Crippen LogP contribution in [-0.2, 0) is 57.7 Å². The summed E-state index contributed by atoms with van der Waals surface area (Å²) in [5, 5.41) is 35.0. The van der Waals surface area contributed by atoms with E-state index in [2.05, 4.69) is 20.9 Å². The highest BCUT2D eigenvalue weighted by Gasteiger charge is 2.29. The van der Waals surface area contributed by atoms with Gasteiger partial charge in [-0.15, -0.1) is 5.10 Å². The van der Waals surface area contributed by atoms with Crippen LogP contribution in [0.15, 0.2) is 100 Å². The third kappa shape index (κ3) is 14.4. The minimum atomic E-state index is -3.16. The number of benzene rings is 4. The Kier molecular flexibility index (Phi) is 19.6. The van der Waals surface area contributed by atoms with E-state index < -0.39 is 18.2 Å². The molecule has 21 heteroatoms. The molecule has 0 spiro atoms. The fraction of sp³-hybridized carbons (Fsp3) is 0.373. The second-order valence-electron chi connectivity index (χ2n) is 16.6. The number of fused-ring (bicyclic) bond motifs is 6. The minimum Gasteiger partial charge on any atom is -0.504 e. The Morgan fingerprint density at radius 1 is 0.778 bits per heavy atom. The largest absolute Gasteiger partial charge is 0.504 e. The standard InChI is InChI=1S/C51H59N6O13PS/c1-2-68-71(64,72)69-26-10-4-3-9-23-52-45(60)21-22-46(61)56-34-37-11-5-6-12-38(37)48-47(39-13-7-8-14-41(39)56)54-55-57(48)25-28-66-30-32-67-31-29-65-27-24-53-51(63)36-17-15-35(16-18-36)44-33-43(59)40-19-20-42(58)49(62)50(40)70-44/h5-8,11-20,33,58,62H,2-4,9-10,21-32,34H2,1H3,(H,52,60)(H,53,63)(H,64,72). The number of nitrogens with zero attached hydrogens (tertiary/aromatic N) is 4. The SMILES string of the molecule is CCOP(O)(=S)OCCCCCCNC(=O)CCC(=O)N1Cc2ccccc2-c2c(nnn2CCOCCOCCOCCNC(=O)c2ccc(-c3cc(=O)c4ccc(O)c(O)c4o3)cc2)-c2ccccc21. The smallest absolute Gasteiger partial charge is 0.324 e. The Morgan fingerprint density at radius 2 is 1.49 bits per heavy atom. The molecule has 0 saturated heterocycles. The molecule has 3 amide bonds. The van der Waals surface area contributed by atoms with Crippen molar-refractivity contribution in [3.05, 3.63) is 112 Å². The molecule has 1 aliphatic heterocycles. The van der Waals surface area contributed by atoms with E-state index in [4.69, 9.17) is 39.5 Å². The zero-order valence-corrected chi connectivity index (χ0v) is 41.7. The van der Waals surface area contributed by atoms with Crippen molar-refractivity contribution >= 4 is 52.9 Å². The van der Waals surface area contributed by atoms with Gasteiger partial charge in [0.15, 0.2) is 16.8 Å². The van der Waals surface area contributed by atoms with Gasteiger partial charge in [0, 0.05) is 54.3 Å². The zero-order chi connectivity index (χ0) is 50.9. The van der Waals surface area contributed by atoms with Crippen LogP contribution in [0.4, 0.5) is 5.69 Å². The maximum Gasteiger partial charge on any atom is 0.324 e. The lowest BCUT2D eigenvalue weighted by molar-refractivity contribution is -0.125. The molecule has 4 aromatic carbocycles. The number of unbranched alkanes of at least 4 members (excludes halogenated alkanes) is 3. The quantitative estimate of drug-likeness (QED) is 0.0201. The molecule has 0 aliphatic carbocycles. The van der Waals surface area contributed by atoms with Gasteiger partial charge in [-0.05, 0) is 67.5 Å². The number of phenols is 2. The number of carbonyl (C=O) groups is 3. The molecule has 0 radical (unpaired) electrons. The Balaban J connectivity index is 0.800. The number of rotatable bonds is 27. The minimum absolute atomic E-state index is 0.0292. The van der Waals surface area contributed by atoms with E-state index in [9.17, 15) is 34.3 Å². The first-order chi connectivity index (χ1) is 34.9. The molecule has 0 bridgehead atoms. The summed E-state index contributed by atoms with van der Waals surface area (Å²) in [6.07, 6.45) is 3.29. The van der Waals surface area contributed by atoms with Crippen LogP contribution in [0.5, 0.6) is 11.5 Å². The molecule has 382 valence electrons. The summed E-state index contributed by atoms with van der Waals surface area (Å²) in [4.78, 5) is 63.6. The highest BCUT2D eigenvalue weighted by molar-refractivity contribution is 8.07. The number of hydrogen-bond acceptors (Lipinski definition) is 15. The molecule has 72 heavy (non-hydrogen) atoms. The predicted octanol–water partition coefficient (Wildman–Crippen LogP) is 6.85. The van der Waals surface area contributed by atoms with Crippen molar-refractivity contribution in [2.75, 3.05) is 70.8 Å². The van der Waals surface area contributed by atoms with Crippen LogP contribution < -0.4 is 21.0 Å². The Morgan fingerprint density at radius 3 is 2.26 bits per heavy atom. The molecule has 1 unspecified atom stereocenters. The molecule has 1 aliphatic rings. The lowest BCUT2D eigenvalue weighted by atomic mass is 9.95. The van der Waals surface area contributed by atoms with Crippen molar-refractivity contribution in [2.24, 2.45) is 0 Å². The van der Waals surface area contributed by atoms with Gasteiger partial charge in [-0.1, -0.05) is 72.7 Å². The van der Waals surface area contributed by atoms with E-state index in [0.717, 1.165) is 48.1 Å². The first kappa shape index (κ1) is 53.4. The van der Waals surface area contributed by atoms with Gasteiger partial charge >= 0.3 is 6.72 Å². The number of para-hydroxylation sites is 1. The summed E-state index contributed by atoms with van der Waals surface area (Å²) in [6.45, 7) is 2.63. The van der Waals surface area contributed by atoms with Crippen molar-refractivity contribution in [1.82, 2.24) is 25.6 Å². The number of aromatic nitrogens is 3. The molecular weight excluding hydrogens is 968 g/mol.